The van der Waals surface area contributed by atoms with Crippen LogP contribution in [0.15, 0.2) is 30.3 Å². The molecule has 0 bridgehead atoms. The summed E-state index contributed by atoms with van der Waals surface area (Å²) >= 11 is 0. The summed E-state index contributed by atoms with van der Waals surface area (Å²) in [4.78, 5) is 11.8. The summed E-state index contributed by atoms with van der Waals surface area (Å²) in [6.07, 6.45) is 0.952. The normalized spacial score (nSPS) is 20.2. The number of nitrogens with zero attached hydrogens (tertiary/aromatic N) is 2. The van der Waals surface area contributed by atoms with Crippen LogP contribution < -0.4 is 5.32 Å². The van der Waals surface area contributed by atoms with Gasteiger partial charge in [-0.3, -0.25) is 9.89 Å². The zero-order chi connectivity index (χ0) is 14.1. The standard InChI is InChI=1S/C15H14N4O/c1-9-5-12(9)15(20)17-14-7-13(18-19-14)11-4-2-3-10(6-11)8-16/h2-4,6-7,9,12H,5H2,1H3,(H2,17,18,19,20)/t9-,12-/m1/s1. The lowest BCUT2D eigenvalue weighted by atomic mass is 10.1. The summed E-state index contributed by atoms with van der Waals surface area (Å²) in [5, 5.41) is 18.7. The Morgan fingerprint density at radius 3 is 3.00 bits per heavy atom. The van der Waals surface area contributed by atoms with E-state index in [4.69, 9.17) is 5.26 Å². The van der Waals surface area contributed by atoms with E-state index < -0.39 is 0 Å². The second-order valence-corrected chi connectivity index (χ2v) is 5.17. The van der Waals surface area contributed by atoms with Crippen LogP contribution in [0, 0.1) is 23.2 Å². The molecule has 1 aliphatic rings. The molecule has 5 heteroatoms. The molecule has 1 saturated carbocycles. The molecule has 3 rings (SSSR count). The first-order valence-corrected chi connectivity index (χ1v) is 6.54. The minimum atomic E-state index is 0.0290. The summed E-state index contributed by atoms with van der Waals surface area (Å²) in [5.74, 6) is 1.14. The molecule has 0 aliphatic heterocycles. The van der Waals surface area contributed by atoms with Gasteiger partial charge in [-0.25, -0.2) is 0 Å². The smallest absolute Gasteiger partial charge is 0.228 e. The van der Waals surface area contributed by atoms with E-state index >= 15 is 0 Å². The van der Waals surface area contributed by atoms with Crippen molar-refractivity contribution in [2.24, 2.45) is 11.8 Å². The van der Waals surface area contributed by atoms with Crippen LogP contribution in [0.4, 0.5) is 5.82 Å². The summed E-state index contributed by atoms with van der Waals surface area (Å²) in [6.45, 7) is 2.06. The molecule has 20 heavy (non-hydrogen) atoms. The molecule has 1 aliphatic carbocycles. The highest BCUT2D eigenvalue weighted by Gasteiger charge is 2.39. The molecule has 0 saturated heterocycles. The predicted molar refractivity (Wildman–Crippen MR) is 74.6 cm³/mol. The van der Waals surface area contributed by atoms with Crippen molar-refractivity contribution in [1.29, 1.82) is 5.26 Å². The van der Waals surface area contributed by atoms with Gasteiger partial charge in [0.15, 0.2) is 5.82 Å². The maximum Gasteiger partial charge on any atom is 0.228 e. The Balaban J connectivity index is 1.76. The molecule has 0 radical (unpaired) electrons. The molecule has 5 nitrogen and oxygen atoms in total. The van der Waals surface area contributed by atoms with Crippen molar-refractivity contribution in [1.82, 2.24) is 10.2 Å². The van der Waals surface area contributed by atoms with Crippen molar-refractivity contribution in [2.45, 2.75) is 13.3 Å². The number of amides is 1. The number of H-pyrrole nitrogens is 1. The Kier molecular flexibility index (Phi) is 2.99. The molecule has 2 aromatic rings. The predicted octanol–water partition coefficient (Wildman–Crippen LogP) is 2.54. The van der Waals surface area contributed by atoms with Gasteiger partial charge in [0.25, 0.3) is 0 Å². The van der Waals surface area contributed by atoms with E-state index in [2.05, 4.69) is 28.5 Å². The number of hydrogen-bond acceptors (Lipinski definition) is 3. The molecule has 0 spiro atoms. The van der Waals surface area contributed by atoms with Crippen LogP contribution in [-0.4, -0.2) is 16.1 Å². The monoisotopic (exact) mass is 266 g/mol. The Hall–Kier alpha value is -2.61. The zero-order valence-corrected chi connectivity index (χ0v) is 11.1. The number of nitrogens with one attached hydrogen (secondary N) is 2. The van der Waals surface area contributed by atoms with Crippen molar-refractivity contribution in [2.75, 3.05) is 5.32 Å². The Labute approximate surface area is 116 Å². The second kappa shape index (κ2) is 4.82. The van der Waals surface area contributed by atoms with Crippen LogP contribution in [0.5, 0.6) is 0 Å². The molecule has 2 N–H and O–H groups in total. The highest BCUT2D eigenvalue weighted by Crippen LogP contribution is 2.38. The summed E-state index contributed by atoms with van der Waals surface area (Å²) in [7, 11) is 0. The number of aromatic nitrogens is 2. The largest absolute Gasteiger partial charge is 0.309 e. The van der Waals surface area contributed by atoms with Crippen LogP contribution in [-0.2, 0) is 4.79 Å². The molecule has 1 fully saturated rings. The minimum Gasteiger partial charge on any atom is -0.309 e. The van der Waals surface area contributed by atoms with E-state index in [-0.39, 0.29) is 11.8 Å². The molecule has 1 amide bonds. The number of anilines is 1. The molecular formula is C15H14N4O. The average Bonchev–Trinajstić information content (AvgIpc) is 3.02. The quantitative estimate of drug-likeness (QED) is 0.895. The van der Waals surface area contributed by atoms with Crippen molar-refractivity contribution in [3.8, 4) is 17.3 Å². The van der Waals surface area contributed by atoms with Gasteiger partial charge in [-0.05, 0) is 24.5 Å². The fourth-order valence-electron chi connectivity index (χ4n) is 2.20. The van der Waals surface area contributed by atoms with E-state index in [9.17, 15) is 4.79 Å². The molecule has 1 heterocycles. The number of carbonyl (C=O) groups is 1. The van der Waals surface area contributed by atoms with E-state index in [1.54, 1.807) is 18.2 Å². The number of aromatic amines is 1. The fraction of sp³-hybridized carbons (Fsp3) is 0.267. The van der Waals surface area contributed by atoms with Gasteiger partial charge in [0.1, 0.15) is 0 Å². The third-order valence-electron chi connectivity index (χ3n) is 3.58. The number of carbonyl (C=O) groups excluding carboxylic acids is 1. The Morgan fingerprint density at radius 2 is 2.30 bits per heavy atom. The Morgan fingerprint density at radius 1 is 1.50 bits per heavy atom. The number of rotatable bonds is 3. The van der Waals surface area contributed by atoms with Gasteiger partial charge < -0.3 is 5.32 Å². The maximum atomic E-state index is 11.8. The number of hydrogen-bond donors (Lipinski definition) is 2. The van der Waals surface area contributed by atoms with E-state index in [0.29, 0.717) is 17.3 Å². The van der Waals surface area contributed by atoms with Crippen LogP contribution in [0.1, 0.15) is 18.9 Å². The third-order valence-corrected chi connectivity index (χ3v) is 3.58. The number of nitriles is 1. The van der Waals surface area contributed by atoms with Crippen LogP contribution in [0.3, 0.4) is 0 Å². The lowest BCUT2D eigenvalue weighted by Crippen LogP contribution is -2.14. The highest BCUT2D eigenvalue weighted by atomic mass is 16.2. The van der Waals surface area contributed by atoms with Gasteiger partial charge in [-0.2, -0.15) is 10.4 Å². The lowest BCUT2D eigenvalue weighted by Gasteiger charge is -1.99. The van der Waals surface area contributed by atoms with Gasteiger partial charge in [0.05, 0.1) is 17.3 Å². The molecular weight excluding hydrogens is 252 g/mol. The fourth-order valence-corrected chi connectivity index (χ4v) is 2.20. The lowest BCUT2D eigenvalue weighted by molar-refractivity contribution is -0.117. The van der Waals surface area contributed by atoms with Crippen LogP contribution in [0.25, 0.3) is 11.3 Å². The first kappa shape index (κ1) is 12.4. The summed E-state index contributed by atoms with van der Waals surface area (Å²) in [6, 6.07) is 11.1. The van der Waals surface area contributed by atoms with Crippen molar-refractivity contribution >= 4 is 11.7 Å². The first-order chi connectivity index (χ1) is 9.67. The molecule has 1 aromatic heterocycles. The van der Waals surface area contributed by atoms with E-state index in [1.807, 2.05) is 12.1 Å². The third kappa shape index (κ3) is 2.41. The van der Waals surface area contributed by atoms with Crippen molar-refractivity contribution < 1.29 is 4.79 Å². The topological polar surface area (TPSA) is 81.6 Å². The summed E-state index contributed by atoms with van der Waals surface area (Å²) < 4.78 is 0. The van der Waals surface area contributed by atoms with Gasteiger partial charge in [0, 0.05) is 17.5 Å². The van der Waals surface area contributed by atoms with E-state index in [1.165, 1.54) is 0 Å². The Bertz CT molecular complexity index is 698. The SMILES string of the molecule is C[C@@H]1C[C@H]1C(=O)Nc1cc(-c2cccc(C#N)c2)[nH]n1. The van der Waals surface area contributed by atoms with Gasteiger partial charge >= 0.3 is 0 Å². The average molecular weight is 266 g/mol. The van der Waals surface area contributed by atoms with Crippen LogP contribution >= 0.6 is 0 Å². The highest BCUT2D eigenvalue weighted by molar-refractivity contribution is 5.94. The second-order valence-electron chi connectivity index (χ2n) is 5.17. The number of benzene rings is 1. The van der Waals surface area contributed by atoms with Gasteiger partial charge in [0.2, 0.25) is 5.91 Å². The van der Waals surface area contributed by atoms with E-state index in [0.717, 1.165) is 17.7 Å². The molecule has 1 aromatic carbocycles. The first-order valence-electron chi connectivity index (χ1n) is 6.54. The molecule has 2 atom stereocenters. The minimum absolute atomic E-state index is 0.0290. The molecule has 100 valence electrons. The zero-order valence-electron chi connectivity index (χ0n) is 11.1. The van der Waals surface area contributed by atoms with Crippen molar-refractivity contribution in [3.63, 3.8) is 0 Å². The van der Waals surface area contributed by atoms with Gasteiger partial charge in [-0.15, -0.1) is 0 Å². The van der Waals surface area contributed by atoms with Gasteiger partial charge in [-0.1, -0.05) is 19.1 Å². The molecule has 0 unspecified atom stereocenters. The van der Waals surface area contributed by atoms with Crippen molar-refractivity contribution in [3.05, 3.63) is 35.9 Å². The van der Waals surface area contributed by atoms with Crippen LogP contribution in [0.2, 0.25) is 0 Å². The maximum absolute atomic E-state index is 11.8. The summed E-state index contributed by atoms with van der Waals surface area (Å²) in [5.41, 5.74) is 2.24.